The van der Waals surface area contributed by atoms with Crippen molar-refractivity contribution in [1.82, 2.24) is 0 Å². The summed E-state index contributed by atoms with van der Waals surface area (Å²) in [5.41, 5.74) is 1.94. The van der Waals surface area contributed by atoms with Gasteiger partial charge in [-0.05, 0) is 48.3 Å². The van der Waals surface area contributed by atoms with E-state index in [1.807, 2.05) is 24.3 Å². The molecule has 0 aromatic heterocycles. The minimum absolute atomic E-state index is 0.0666. The average Bonchev–Trinajstić information content (AvgIpc) is 3.16. The number of carbonyl (C=O) groups excluding carboxylic acids is 2. The monoisotopic (exact) mass is 313 g/mol. The summed E-state index contributed by atoms with van der Waals surface area (Å²) in [7, 11) is 0. The van der Waals surface area contributed by atoms with Crippen LogP contribution < -0.4 is 5.32 Å². The van der Waals surface area contributed by atoms with E-state index in [9.17, 15) is 9.59 Å². The van der Waals surface area contributed by atoms with Gasteiger partial charge in [-0.3, -0.25) is 9.59 Å². The second kappa shape index (κ2) is 6.57. The fourth-order valence-electron chi connectivity index (χ4n) is 3.44. The minimum atomic E-state index is -0.297. The van der Waals surface area contributed by atoms with Crippen LogP contribution in [0.3, 0.4) is 0 Å². The summed E-state index contributed by atoms with van der Waals surface area (Å²) >= 11 is 0. The van der Waals surface area contributed by atoms with E-state index < -0.39 is 0 Å². The van der Waals surface area contributed by atoms with Crippen molar-refractivity contribution < 1.29 is 14.3 Å². The summed E-state index contributed by atoms with van der Waals surface area (Å²) in [5.74, 6) is 0.672. The van der Waals surface area contributed by atoms with Gasteiger partial charge in [0.1, 0.15) is 0 Å². The quantitative estimate of drug-likeness (QED) is 0.668. The molecule has 1 aromatic carbocycles. The molecule has 0 heterocycles. The summed E-state index contributed by atoms with van der Waals surface area (Å²) in [6.45, 7) is 4.03. The van der Waals surface area contributed by atoms with Crippen molar-refractivity contribution in [2.24, 2.45) is 17.8 Å². The van der Waals surface area contributed by atoms with Gasteiger partial charge in [0.2, 0.25) is 0 Å². The Balaban J connectivity index is 1.46. The molecule has 23 heavy (non-hydrogen) atoms. The molecule has 3 unspecified atom stereocenters. The molecular formula is C19H23NO3. The van der Waals surface area contributed by atoms with Gasteiger partial charge in [0, 0.05) is 5.69 Å². The molecule has 3 atom stereocenters. The molecule has 1 fully saturated rings. The largest absolute Gasteiger partial charge is 0.455 e. The predicted octanol–water partition coefficient (Wildman–Crippen LogP) is 3.50. The highest BCUT2D eigenvalue weighted by Gasteiger charge is 2.40. The highest BCUT2D eigenvalue weighted by molar-refractivity contribution is 5.93. The topological polar surface area (TPSA) is 55.4 Å². The van der Waals surface area contributed by atoms with Crippen LogP contribution in [-0.2, 0) is 14.3 Å². The van der Waals surface area contributed by atoms with Crippen molar-refractivity contribution in [3.05, 3.63) is 42.0 Å². The molecule has 2 aliphatic carbocycles. The Labute approximate surface area is 136 Å². The van der Waals surface area contributed by atoms with Crippen molar-refractivity contribution in [3.8, 4) is 0 Å². The van der Waals surface area contributed by atoms with E-state index in [-0.39, 0.29) is 24.4 Å². The minimum Gasteiger partial charge on any atom is -0.455 e. The van der Waals surface area contributed by atoms with E-state index >= 15 is 0 Å². The zero-order chi connectivity index (χ0) is 16.4. The maximum atomic E-state index is 12.1. The SMILES string of the molecule is CC(C)c1ccc(NC(=O)COC(=O)C2CC3C=CC2C3)cc1. The van der Waals surface area contributed by atoms with Crippen LogP contribution in [0.25, 0.3) is 0 Å². The smallest absolute Gasteiger partial charge is 0.310 e. The number of ether oxygens (including phenoxy) is 1. The number of anilines is 1. The molecule has 1 aromatic rings. The fourth-order valence-corrected chi connectivity index (χ4v) is 3.44. The van der Waals surface area contributed by atoms with Crippen LogP contribution in [0.2, 0.25) is 0 Å². The van der Waals surface area contributed by atoms with Gasteiger partial charge in [0.25, 0.3) is 5.91 Å². The van der Waals surface area contributed by atoms with Crippen LogP contribution >= 0.6 is 0 Å². The van der Waals surface area contributed by atoms with E-state index in [0.717, 1.165) is 18.5 Å². The van der Waals surface area contributed by atoms with E-state index in [1.54, 1.807) is 0 Å². The molecule has 4 nitrogen and oxygen atoms in total. The van der Waals surface area contributed by atoms with Gasteiger partial charge >= 0.3 is 5.97 Å². The summed E-state index contributed by atoms with van der Waals surface area (Å²) in [4.78, 5) is 24.0. The van der Waals surface area contributed by atoms with Gasteiger partial charge in [-0.1, -0.05) is 38.1 Å². The Kier molecular flexibility index (Phi) is 4.51. The maximum absolute atomic E-state index is 12.1. The van der Waals surface area contributed by atoms with Crippen LogP contribution in [0.1, 0.15) is 38.2 Å². The second-order valence-electron chi connectivity index (χ2n) is 6.82. The van der Waals surface area contributed by atoms with Crippen molar-refractivity contribution in [2.45, 2.75) is 32.6 Å². The molecule has 3 rings (SSSR count). The van der Waals surface area contributed by atoms with Crippen LogP contribution in [0.4, 0.5) is 5.69 Å². The van der Waals surface area contributed by atoms with E-state index in [4.69, 9.17) is 4.74 Å². The number of amides is 1. The number of nitrogens with one attached hydrogen (secondary N) is 1. The number of carbonyl (C=O) groups is 2. The van der Waals surface area contributed by atoms with Crippen molar-refractivity contribution in [1.29, 1.82) is 0 Å². The Bertz CT molecular complexity index is 618. The Morgan fingerprint density at radius 3 is 2.48 bits per heavy atom. The number of fused-ring (bicyclic) bond motifs is 2. The van der Waals surface area contributed by atoms with Crippen molar-refractivity contribution in [3.63, 3.8) is 0 Å². The Morgan fingerprint density at radius 2 is 1.91 bits per heavy atom. The number of rotatable bonds is 5. The third-order valence-corrected chi connectivity index (χ3v) is 4.79. The molecule has 1 amide bonds. The van der Waals surface area contributed by atoms with Crippen LogP contribution in [0, 0.1) is 17.8 Å². The summed E-state index contributed by atoms with van der Waals surface area (Å²) in [6, 6.07) is 7.73. The van der Waals surface area contributed by atoms with E-state index in [2.05, 4.69) is 31.3 Å². The molecule has 0 aliphatic heterocycles. The first-order chi connectivity index (χ1) is 11.0. The maximum Gasteiger partial charge on any atom is 0.310 e. The van der Waals surface area contributed by atoms with Crippen LogP contribution in [0.5, 0.6) is 0 Å². The summed E-state index contributed by atoms with van der Waals surface area (Å²) < 4.78 is 5.19. The highest BCUT2D eigenvalue weighted by atomic mass is 16.5. The summed E-state index contributed by atoms with van der Waals surface area (Å²) in [5, 5.41) is 2.76. The number of hydrogen-bond acceptors (Lipinski definition) is 3. The van der Waals surface area contributed by atoms with Gasteiger partial charge in [-0.15, -0.1) is 0 Å². The fraction of sp³-hybridized carbons (Fsp3) is 0.474. The average molecular weight is 313 g/mol. The summed E-state index contributed by atoms with van der Waals surface area (Å²) in [6.07, 6.45) is 6.20. The standard InChI is InChI=1S/C19H23NO3/c1-12(2)14-5-7-16(8-6-14)20-18(21)11-23-19(22)17-10-13-3-4-15(17)9-13/h3-8,12-13,15,17H,9-11H2,1-2H3,(H,20,21). The van der Waals surface area contributed by atoms with Gasteiger partial charge in [0.15, 0.2) is 6.61 Å². The lowest BCUT2D eigenvalue weighted by molar-refractivity contribution is -0.152. The highest BCUT2D eigenvalue weighted by Crippen LogP contribution is 2.43. The normalized spacial score (nSPS) is 24.9. The predicted molar refractivity (Wildman–Crippen MR) is 89.0 cm³/mol. The molecule has 0 saturated heterocycles. The van der Waals surface area contributed by atoms with Crippen molar-refractivity contribution in [2.75, 3.05) is 11.9 Å². The first-order valence-corrected chi connectivity index (χ1v) is 8.27. The first kappa shape index (κ1) is 15.8. The molecule has 0 spiro atoms. The van der Waals surface area contributed by atoms with Gasteiger partial charge in [0.05, 0.1) is 5.92 Å². The number of hydrogen-bond donors (Lipinski definition) is 1. The lowest BCUT2D eigenvalue weighted by Crippen LogP contribution is -2.26. The number of benzene rings is 1. The molecule has 1 N–H and O–H groups in total. The second-order valence-corrected chi connectivity index (χ2v) is 6.82. The van der Waals surface area contributed by atoms with Gasteiger partial charge in [-0.25, -0.2) is 0 Å². The van der Waals surface area contributed by atoms with Crippen LogP contribution in [-0.4, -0.2) is 18.5 Å². The van der Waals surface area contributed by atoms with Gasteiger partial charge in [-0.2, -0.15) is 0 Å². The molecule has 1 saturated carbocycles. The lowest BCUT2D eigenvalue weighted by atomic mass is 9.94. The molecule has 2 aliphatic rings. The lowest BCUT2D eigenvalue weighted by Gasteiger charge is -2.16. The molecule has 4 heteroatoms. The van der Waals surface area contributed by atoms with Crippen LogP contribution in [0.15, 0.2) is 36.4 Å². The van der Waals surface area contributed by atoms with E-state index in [1.165, 1.54) is 5.56 Å². The molecule has 0 radical (unpaired) electrons. The zero-order valence-electron chi connectivity index (χ0n) is 13.6. The Morgan fingerprint density at radius 1 is 1.17 bits per heavy atom. The molecule has 2 bridgehead atoms. The zero-order valence-corrected chi connectivity index (χ0v) is 13.6. The molecular weight excluding hydrogens is 290 g/mol. The van der Waals surface area contributed by atoms with Gasteiger partial charge < -0.3 is 10.1 Å². The first-order valence-electron chi connectivity index (χ1n) is 8.27. The van der Waals surface area contributed by atoms with Crippen molar-refractivity contribution >= 4 is 17.6 Å². The molecule has 122 valence electrons. The third kappa shape index (κ3) is 3.63. The number of esters is 1. The number of allylic oxidation sites excluding steroid dienone is 2. The Hall–Kier alpha value is -2.10. The third-order valence-electron chi connectivity index (χ3n) is 4.79. The van der Waals surface area contributed by atoms with E-state index in [0.29, 0.717) is 17.8 Å².